The van der Waals surface area contributed by atoms with Gasteiger partial charge in [0, 0.05) is 6.21 Å². The molecule has 0 saturated heterocycles. The molecule has 0 heterocycles. The quantitative estimate of drug-likeness (QED) is 0.481. The van der Waals surface area contributed by atoms with Crippen molar-refractivity contribution in [1.29, 1.82) is 0 Å². The van der Waals surface area contributed by atoms with Gasteiger partial charge in [-0.15, -0.1) is 0 Å². The molecule has 5 heteroatoms. The highest BCUT2D eigenvalue weighted by molar-refractivity contribution is 5.83. The molecule has 3 aromatic carbocycles. The van der Waals surface area contributed by atoms with E-state index in [2.05, 4.69) is 4.99 Å². The van der Waals surface area contributed by atoms with Gasteiger partial charge in [0.1, 0.15) is 18.2 Å². The summed E-state index contributed by atoms with van der Waals surface area (Å²) in [4.78, 5) is 4.47. The Hall–Kier alpha value is -3.34. The van der Waals surface area contributed by atoms with E-state index in [0.717, 1.165) is 22.6 Å². The molecule has 0 bridgehead atoms. The second-order valence-corrected chi connectivity index (χ2v) is 6.01. The first kappa shape index (κ1) is 19.4. The number of halogens is 1. The summed E-state index contributed by atoms with van der Waals surface area (Å²) in [6, 6.07) is 19.4. The van der Waals surface area contributed by atoms with E-state index in [0.29, 0.717) is 24.7 Å². The van der Waals surface area contributed by atoms with E-state index in [1.54, 1.807) is 25.5 Å². The molecule has 4 nitrogen and oxygen atoms in total. The summed E-state index contributed by atoms with van der Waals surface area (Å²) in [5.74, 6) is 1.80. The van der Waals surface area contributed by atoms with Crippen molar-refractivity contribution in [3.8, 4) is 17.2 Å². The molecular formula is C23H22FNO3. The van der Waals surface area contributed by atoms with Gasteiger partial charge in [-0.1, -0.05) is 12.1 Å². The predicted molar refractivity (Wildman–Crippen MR) is 109 cm³/mol. The number of methoxy groups -OCH3 is 1. The van der Waals surface area contributed by atoms with Gasteiger partial charge < -0.3 is 14.2 Å². The Bertz CT molecular complexity index is 922. The van der Waals surface area contributed by atoms with Gasteiger partial charge in [0.25, 0.3) is 0 Å². The number of hydrogen-bond donors (Lipinski definition) is 0. The highest BCUT2D eigenvalue weighted by Crippen LogP contribution is 2.29. The van der Waals surface area contributed by atoms with E-state index < -0.39 is 0 Å². The van der Waals surface area contributed by atoms with Crippen LogP contribution in [0.25, 0.3) is 0 Å². The van der Waals surface area contributed by atoms with Gasteiger partial charge in [-0.25, -0.2) is 4.39 Å². The van der Waals surface area contributed by atoms with Gasteiger partial charge in [0.05, 0.1) is 19.4 Å². The first-order valence-electron chi connectivity index (χ1n) is 9.00. The lowest BCUT2D eigenvalue weighted by molar-refractivity contribution is 0.269. The zero-order chi connectivity index (χ0) is 19.8. The highest BCUT2D eigenvalue weighted by Gasteiger charge is 2.07. The predicted octanol–water partition coefficient (Wildman–Crippen LogP) is 5.56. The Labute approximate surface area is 164 Å². The largest absolute Gasteiger partial charge is 0.497 e. The summed E-state index contributed by atoms with van der Waals surface area (Å²) < 4.78 is 29.7. The van der Waals surface area contributed by atoms with Crippen molar-refractivity contribution < 1.29 is 18.6 Å². The van der Waals surface area contributed by atoms with Gasteiger partial charge >= 0.3 is 0 Å². The van der Waals surface area contributed by atoms with Crippen LogP contribution < -0.4 is 14.2 Å². The number of benzene rings is 3. The lowest BCUT2D eigenvalue weighted by Crippen LogP contribution is -2.00. The fourth-order valence-corrected chi connectivity index (χ4v) is 2.55. The third-order valence-electron chi connectivity index (χ3n) is 4.01. The van der Waals surface area contributed by atoms with Crippen LogP contribution in [0, 0.1) is 5.82 Å². The number of nitrogens with zero attached hydrogens (tertiary/aromatic N) is 1. The van der Waals surface area contributed by atoms with Crippen LogP contribution in [-0.4, -0.2) is 19.9 Å². The Morgan fingerprint density at radius 2 is 1.64 bits per heavy atom. The lowest BCUT2D eigenvalue weighted by Gasteiger charge is -2.12. The van der Waals surface area contributed by atoms with Crippen LogP contribution in [0.15, 0.2) is 71.7 Å². The molecule has 0 aliphatic rings. The van der Waals surface area contributed by atoms with E-state index in [1.165, 1.54) is 12.1 Å². The number of rotatable bonds is 8. The standard InChI is InChI=1S/C23H22FNO3/c1-3-27-23-14-18(15-25-20-9-11-21(26-2)12-10-20)6-13-22(23)28-16-17-4-7-19(24)8-5-17/h4-15H,3,16H2,1-2H3. The SMILES string of the molecule is CCOc1cc(C=Nc2ccc(OC)cc2)ccc1OCc1ccc(F)cc1. The average Bonchev–Trinajstić information content (AvgIpc) is 2.73. The zero-order valence-corrected chi connectivity index (χ0v) is 15.9. The van der Waals surface area contributed by atoms with Crippen molar-refractivity contribution in [1.82, 2.24) is 0 Å². The molecule has 0 N–H and O–H groups in total. The van der Waals surface area contributed by atoms with Crippen LogP contribution in [0.1, 0.15) is 18.1 Å². The molecule has 3 rings (SSSR count). The van der Waals surface area contributed by atoms with Crippen molar-refractivity contribution in [2.24, 2.45) is 4.99 Å². The monoisotopic (exact) mass is 379 g/mol. The Morgan fingerprint density at radius 3 is 2.32 bits per heavy atom. The molecule has 0 fully saturated rings. The molecule has 0 amide bonds. The molecule has 0 aliphatic carbocycles. The van der Waals surface area contributed by atoms with Crippen LogP contribution in [0.4, 0.5) is 10.1 Å². The fourth-order valence-electron chi connectivity index (χ4n) is 2.55. The van der Waals surface area contributed by atoms with Gasteiger partial charge in [-0.2, -0.15) is 0 Å². The van der Waals surface area contributed by atoms with Crippen molar-refractivity contribution in [2.75, 3.05) is 13.7 Å². The zero-order valence-electron chi connectivity index (χ0n) is 15.9. The molecular weight excluding hydrogens is 357 g/mol. The third kappa shape index (κ3) is 5.33. The average molecular weight is 379 g/mol. The summed E-state index contributed by atoms with van der Waals surface area (Å²) in [6.07, 6.45) is 1.77. The summed E-state index contributed by atoms with van der Waals surface area (Å²) in [5.41, 5.74) is 2.61. The summed E-state index contributed by atoms with van der Waals surface area (Å²) in [6.45, 7) is 2.77. The molecule has 0 unspecified atom stereocenters. The van der Waals surface area contributed by atoms with Crippen molar-refractivity contribution in [2.45, 2.75) is 13.5 Å². The summed E-state index contributed by atoms with van der Waals surface area (Å²) in [7, 11) is 1.63. The smallest absolute Gasteiger partial charge is 0.161 e. The van der Waals surface area contributed by atoms with E-state index >= 15 is 0 Å². The van der Waals surface area contributed by atoms with Gasteiger partial charge in [0.2, 0.25) is 0 Å². The van der Waals surface area contributed by atoms with Gasteiger partial charge in [0.15, 0.2) is 11.5 Å². The first-order chi connectivity index (χ1) is 13.7. The molecule has 0 atom stereocenters. The molecule has 0 aliphatic heterocycles. The molecule has 3 aromatic rings. The normalized spacial score (nSPS) is 10.8. The highest BCUT2D eigenvalue weighted by atomic mass is 19.1. The van der Waals surface area contributed by atoms with Crippen LogP contribution in [0.2, 0.25) is 0 Å². The maximum Gasteiger partial charge on any atom is 0.161 e. The summed E-state index contributed by atoms with van der Waals surface area (Å²) in [5, 5.41) is 0. The number of hydrogen-bond acceptors (Lipinski definition) is 4. The maximum atomic E-state index is 13.0. The van der Waals surface area contributed by atoms with Crippen LogP contribution in [-0.2, 0) is 6.61 Å². The van der Waals surface area contributed by atoms with Crippen LogP contribution in [0.5, 0.6) is 17.2 Å². The van der Waals surface area contributed by atoms with Crippen molar-refractivity contribution in [3.05, 3.63) is 83.7 Å². The molecule has 144 valence electrons. The number of ether oxygens (including phenoxy) is 3. The third-order valence-corrected chi connectivity index (χ3v) is 4.01. The topological polar surface area (TPSA) is 40.0 Å². The minimum Gasteiger partial charge on any atom is -0.497 e. The second kappa shape index (κ2) is 9.55. The molecule has 0 aromatic heterocycles. The van der Waals surface area contributed by atoms with E-state index in [1.807, 2.05) is 49.4 Å². The minimum absolute atomic E-state index is 0.265. The Morgan fingerprint density at radius 1 is 0.893 bits per heavy atom. The molecule has 0 radical (unpaired) electrons. The van der Waals surface area contributed by atoms with Crippen molar-refractivity contribution in [3.63, 3.8) is 0 Å². The van der Waals surface area contributed by atoms with Crippen LogP contribution in [0.3, 0.4) is 0 Å². The molecule has 0 saturated carbocycles. The first-order valence-corrected chi connectivity index (χ1v) is 9.00. The fraction of sp³-hybridized carbons (Fsp3) is 0.174. The second-order valence-electron chi connectivity index (χ2n) is 6.01. The molecule has 0 spiro atoms. The van der Waals surface area contributed by atoms with E-state index in [4.69, 9.17) is 14.2 Å². The van der Waals surface area contributed by atoms with Crippen molar-refractivity contribution >= 4 is 11.9 Å². The molecule has 28 heavy (non-hydrogen) atoms. The number of aliphatic imine (C=N–C) groups is 1. The van der Waals surface area contributed by atoms with E-state index in [9.17, 15) is 4.39 Å². The van der Waals surface area contributed by atoms with Crippen LogP contribution >= 0.6 is 0 Å². The minimum atomic E-state index is -0.265. The lowest BCUT2D eigenvalue weighted by atomic mass is 10.2. The maximum absolute atomic E-state index is 13.0. The van der Waals surface area contributed by atoms with E-state index in [-0.39, 0.29) is 5.82 Å². The summed E-state index contributed by atoms with van der Waals surface area (Å²) >= 11 is 0. The Kier molecular flexibility index (Phi) is 6.63. The van der Waals surface area contributed by atoms with Gasteiger partial charge in [-0.05, 0) is 72.6 Å². The van der Waals surface area contributed by atoms with Gasteiger partial charge in [-0.3, -0.25) is 4.99 Å². The Balaban J connectivity index is 1.72.